The Labute approximate surface area is 180 Å². The van der Waals surface area contributed by atoms with Crippen LogP contribution in [-0.4, -0.2) is 44.2 Å². The fraction of sp³-hybridized carbons (Fsp3) is 0.273. The van der Waals surface area contributed by atoms with Gasteiger partial charge in [0.15, 0.2) is 6.61 Å². The number of ether oxygens (including phenoxy) is 2. The molecule has 0 aliphatic heterocycles. The highest BCUT2D eigenvalue weighted by Crippen LogP contribution is 2.14. The number of hydrogen-bond acceptors (Lipinski definition) is 6. The van der Waals surface area contributed by atoms with Crippen molar-refractivity contribution in [2.45, 2.75) is 13.8 Å². The minimum absolute atomic E-state index is 0.0699. The molecule has 3 amide bonds. The molecule has 3 N–H and O–H groups in total. The van der Waals surface area contributed by atoms with Gasteiger partial charge in [-0.25, -0.2) is 5.43 Å². The third-order valence-corrected chi connectivity index (χ3v) is 3.89. The van der Waals surface area contributed by atoms with Crippen molar-refractivity contribution < 1.29 is 23.9 Å². The number of anilines is 1. The lowest BCUT2D eigenvalue weighted by molar-refractivity contribution is -0.136. The van der Waals surface area contributed by atoms with E-state index in [1.807, 2.05) is 13.8 Å². The van der Waals surface area contributed by atoms with Crippen LogP contribution in [0.4, 0.5) is 5.69 Å². The molecule has 0 heterocycles. The molecule has 9 nitrogen and oxygen atoms in total. The highest BCUT2D eigenvalue weighted by atomic mass is 16.5. The molecule has 31 heavy (non-hydrogen) atoms. The first-order valence-electron chi connectivity index (χ1n) is 9.65. The summed E-state index contributed by atoms with van der Waals surface area (Å²) in [6, 6.07) is 13.3. The molecule has 0 saturated heterocycles. The molecule has 0 aliphatic rings. The molecule has 2 aromatic carbocycles. The van der Waals surface area contributed by atoms with E-state index >= 15 is 0 Å². The Kier molecular flexibility index (Phi) is 9.03. The fourth-order valence-electron chi connectivity index (χ4n) is 2.25. The van der Waals surface area contributed by atoms with Crippen molar-refractivity contribution in [2.24, 2.45) is 11.0 Å². The Morgan fingerprint density at radius 2 is 1.61 bits per heavy atom. The maximum Gasteiger partial charge on any atom is 0.329 e. The molecule has 0 bridgehead atoms. The van der Waals surface area contributed by atoms with E-state index in [1.165, 1.54) is 13.3 Å². The Morgan fingerprint density at radius 1 is 0.968 bits per heavy atom. The van der Waals surface area contributed by atoms with Gasteiger partial charge in [-0.05, 0) is 60.0 Å². The van der Waals surface area contributed by atoms with Gasteiger partial charge in [-0.1, -0.05) is 13.8 Å². The van der Waals surface area contributed by atoms with Crippen LogP contribution in [0, 0.1) is 5.92 Å². The summed E-state index contributed by atoms with van der Waals surface area (Å²) in [6.45, 7) is 4.55. The lowest BCUT2D eigenvalue weighted by atomic mass is 10.2. The second-order valence-corrected chi connectivity index (χ2v) is 6.94. The number of carbonyl (C=O) groups excluding carboxylic acids is 3. The van der Waals surface area contributed by atoms with Crippen LogP contribution in [0.15, 0.2) is 53.6 Å². The van der Waals surface area contributed by atoms with E-state index in [9.17, 15) is 14.4 Å². The molecule has 0 aromatic heterocycles. The van der Waals surface area contributed by atoms with E-state index in [4.69, 9.17) is 9.47 Å². The summed E-state index contributed by atoms with van der Waals surface area (Å²) in [4.78, 5) is 35.4. The van der Waals surface area contributed by atoms with Gasteiger partial charge in [-0.15, -0.1) is 0 Å². The first kappa shape index (κ1) is 23.4. The van der Waals surface area contributed by atoms with Crippen molar-refractivity contribution in [1.29, 1.82) is 0 Å². The summed E-state index contributed by atoms with van der Waals surface area (Å²) in [5.41, 5.74) is 3.29. The monoisotopic (exact) mass is 426 g/mol. The van der Waals surface area contributed by atoms with E-state index in [-0.39, 0.29) is 12.5 Å². The predicted octanol–water partition coefficient (Wildman–Crippen LogP) is 1.93. The summed E-state index contributed by atoms with van der Waals surface area (Å²) in [6.07, 6.45) is 1.39. The molecular weight excluding hydrogens is 400 g/mol. The summed E-state index contributed by atoms with van der Waals surface area (Å²) >= 11 is 0. The SMILES string of the molecule is COc1ccc(NC(=O)C(=O)N/N=C/c2ccc(OCC(=O)NCC(C)C)cc2)cc1. The van der Waals surface area contributed by atoms with Gasteiger partial charge in [0.25, 0.3) is 5.91 Å². The van der Waals surface area contributed by atoms with Crippen LogP contribution in [-0.2, 0) is 14.4 Å². The number of amides is 3. The third kappa shape index (κ3) is 8.57. The first-order valence-corrected chi connectivity index (χ1v) is 9.65. The largest absolute Gasteiger partial charge is 0.497 e. The normalized spacial score (nSPS) is 10.6. The van der Waals surface area contributed by atoms with E-state index in [2.05, 4.69) is 21.2 Å². The van der Waals surface area contributed by atoms with E-state index < -0.39 is 11.8 Å². The quantitative estimate of drug-likeness (QED) is 0.322. The van der Waals surface area contributed by atoms with E-state index in [1.54, 1.807) is 48.5 Å². The number of nitrogens with one attached hydrogen (secondary N) is 3. The number of nitrogens with zero attached hydrogens (tertiary/aromatic N) is 1. The highest BCUT2D eigenvalue weighted by molar-refractivity contribution is 6.39. The predicted molar refractivity (Wildman–Crippen MR) is 117 cm³/mol. The van der Waals surface area contributed by atoms with Crippen molar-refractivity contribution in [3.05, 3.63) is 54.1 Å². The molecule has 0 saturated carbocycles. The van der Waals surface area contributed by atoms with Gasteiger partial charge in [0.2, 0.25) is 0 Å². The van der Waals surface area contributed by atoms with Crippen molar-refractivity contribution in [1.82, 2.24) is 10.7 Å². The number of rotatable bonds is 9. The topological polar surface area (TPSA) is 118 Å². The van der Waals surface area contributed by atoms with Gasteiger partial charge in [0.05, 0.1) is 13.3 Å². The number of carbonyl (C=O) groups is 3. The van der Waals surface area contributed by atoms with E-state index in [0.29, 0.717) is 35.2 Å². The van der Waals surface area contributed by atoms with Crippen LogP contribution < -0.4 is 25.5 Å². The number of benzene rings is 2. The van der Waals surface area contributed by atoms with Crippen molar-refractivity contribution in [2.75, 3.05) is 25.6 Å². The number of hydrogen-bond donors (Lipinski definition) is 3. The zero-order valence-electron chi connectivity index (χ0n) is 17.7. The minimum atomic E-state index is -0.903. The molecule has 2 rings (SSSR count). The molecule has 0 spiro atoms. The zero-order chi connectivity index (χ0) is 22.6. The Balaban J connectivity index is 1.76. The lowest BCUT2D eigenvalue weighted by Gasteiger charge is -2.09. The smallest absolute Gasteiger partial charge is 0.329 e. The maximum absolute atomic E-state index is 11.9. The molecular formula is C22H26N4O5. The molecule has 2 aromatic rings. The average Bonchev–Trinajstić information content (AvgIpc) is 2.77. The van der Waals surface area contributed by atoms with Gasteiger partial charge in [-0.2, -0.15) is 5.10 Å². The summed E-state index contributed by atoms with van der Waals surface area (Å²) in [5, 5.41) is 8.99. The molecule has 0 atom stereocenters. The molecule has 0 fully saturated rings. The molecule has 9 heteroatoms. The maximum atomic E-state index is 11.9. The Hall–Kier alpha value is -3.88. The van der Waals surface area contributed by atoms with Gasteiger partial charge in [0.1, 0.15) is 11.5 Å². The standard InChI is InChI=1S/C22H26N4O5/c1-15(2)12-23-20(27)14-31-19-8-4-16(5-9-19)13-24-26-22(29)21(28)25-17-6-10-18(30-3)11-7-17/h4-11,13,15H,12,14H2,1-3H3,(H,23,27)(H,25,28)(H,26,29)/b24-13+. The molecule has 0 aliphatic carbocycles. The summed E-state index contributed by atoms with van der Waals surface area (Å²) in [5.74, 6) is -0.398. The summed E-state index contributed by atoms with van der Waals surface area (Å²) in [7, 11) is 1.53. The van der Waals surface area contributed by atoms with Crippen molar-refractivity contribution in [3.63, 3.8) is 0 Å². The molecule has 0 radical (unpaired) electrons. The van der Waals surface area contributed by atoms with Crippen LogP contribution in [0.1, 0.15) is 19.4 Å². The van der Waals surface area contributed by atoms with Crippen molar-refractivity contribution in [3.8, 4) is 11.5 Å². The van der Waals surface area contributed by atoms with Crippen molar-refractivity contribution >= 4 is 29.6 Å². The first-order chi connectivity index (χ1) is 14.9. The number of hydrazone groups is 1. The Bertz CT molecular complexity index is 909. The lowest BCUT2D eigenvalue weighted by Crippen LogP contribution is -2.32. The molecule has 0 unspecified atom stereocenters. The number of methoxy groups -OCH3 is 1. The second-order valence-electron chi connectivity index (χ2n) is 6.94. The van der Waals surface area contributed by atoms with Crippen LogP contribution >= 0.6 is 0 Å². The average molecular weight is 426 g/mol. The van der Waals surface area contributed by atoms with E-state index in [0.717, 1.165) is 0 Å². The van der Waals surface area contributed by atoms with Crippen LogP contribution in [0.3, 0.4) is 0 Å². The highest BCUT2D eigenvalue weighted by Gasteiger charge is 2.12. The van der Waals surface area contributed by atoms with Crippen LogP contribution in [0.2, 0.25) is 0 Å². The summed E-state index contributed by atoms with van der Waals surface area (Å²) < 4.78 is 10.4. The van der Waals surface area contributed by atoms with Crippen LogP contribution in [0.25, 0.3) is 0 Å². The fourth-order valence-corrected chi connectivity index (χ4v) is 2.25. The molecule has 164 valence electrons. The van der Waals surface area contributed by atoms with Gasteiger partial charge in [-0.3, -0.25) is 14.4 Å². The van der Waals surface area contributed by atoms with Gasteiger partial charge < -0.3 is 20.1 Å². The minimum Gasteiger partial charge on any atom is -0.497 e. The zero-order valence-corrected chi connectivity index (χ0v) is 17.7. The van der Waals surface area contributed by atoms with Gasteiger partial charge in [0, 0.05) is 12.2 Å². The second kappa shape index (κ2) is 12.0. The van der Waals surface area contributed by atoms with Gasteiger partial charge >= 0.3 is 11.8 Å². The third-order valence-electron chi connectivity index (χ3n) is 3.89. The Morgan fingerprint density at radius 3 is 2.23 bits per heavy atom. The van der Waals surface area contributed by atoms with Crippen LogP contribution in [0.5, 0.6) is 11.5 Å².